The summed E-state index contributed by atoms with van der Waals surface area (Å²) in [6.45, 7) is 3.84. The molecule has 118 valence electrons. The van der Waals surface area contributed by atoms with E-state index in [2.05, 4.69) is 11.8 Å². The number of rotatable bonds is 5. The third kappa shape index (κ3) is 4.36. The van der Waals surface area contributed by atoms with Gasteiger partial charge in [-0.25, -0.2) is 0 Å². The average molecular weight is 303 g/mol. The van der Waals surface area contributed by atoms with Gasteiger partial charge in [-0.05, 0) is 44.4 Å². The Bertz CT molecular complexity index is 290. The molecule has 2 aliphatic rings. The monoisotopic (exact) mass is 302 g/mol. The minimum atomic E-state index is 0. The molecule has 4 heteroatoms. The summed E-state index contributed by atoms with van der Waals surface area (Å²) in [5, 5.41) is 0. The number of hydrogen-bond acceptors (Lipinski definition) is 2. The molecule has 0 aromatic carbocycles. The molecule has 1 heterocycles. The van der Waals surface area contributed by atoms with Gasteiger partial charge in [-0.15, -0.1) is 12.4 Å². The maximum absolute atomic E-state index is 12.6. The molecular weight excluding hydrogens is 272 g/mol. The predicted octanol–water partition coefficient (Wildman–Crippen LogP) is 3.35. The normalized spacial score (nSPS) is 30.1. The zero-order chi connectivity index (χ0) is 13.7. The summed E-state index contributed by atoms with van der Waals surface area (Å²) in [6, 6.07) is 0.324. The number of nitrogens with zero attached hydrogens (tertiary/aromatic N) is 1. The van der Waals surface area contributed by atoms with Crippen LogP contribution in [0.25, 0.3) is 0 Å². The minimum absolute atomic E-state index is 0. The highest BCUT2D eigenvalue weighted by molar-refractivity contribution is 5.85. The van der Waals surface area contributed by atoms with Crippen LogP contribution in [-0.4, -0.2) is 29.9 Å². The van der Waals surface area contributed by atoms with Crippen LogP contribution < -0.4 is 5.73 Å². The van der Waals surface area contributed by atoms with Crippen LogP contribution in [0.5, 0.6) is 0 Å². The number of unbranched alkanes of at least 4 members (excludes halogenated alkanes) is 1. The molecule has 1 aliphatic carbocycles. The first-order valence-electron chi connectivity index (χ1n) is 8.26. The highest BCUT2D eigenvalue weighted by atomic mass is 35.5. The molecule has 0 aromatic heterocycles. The quantitative estimate of drug-likeness (QED) is 0.846. The molecule has 20 heavy (non-hydrogen) atoms. The van der Waals surface area contributed by atoms with Gasteiger partial charge in [0.15, 0.2) is 0 Å². The predicted molar refractivity (Wildman–Crippen MR) is 86.0 cm³/mol. The Balaban J connectivity index is 0.00000200. The number of carbonyl (C=O) groups excluding carboxylic acids is 1. The second-order valence-electron chi connectivity index (χ2n) is 6.42. The Morgan fingerprint density at radius 1 is 1.20 bits per heavy atom. The van der Waals surface area contributed by atoms with Gasteiger partial charge in [0.25, 0.3) is 0 Å². The van der Waals surface area contributed by atoms with Crippen molar-refractivity contribution in [2.45, 2.75) is 70.8 Å². The lowest BCUT2D eigenvalue weighted by molar-refractivity contribution is -0.137. The first kappa shape index (κ1) is 17.8. The van der Waals surface area contributed by atoms with Crippen LogP contribution in [0.15, 0.2) is 0 Å². The molecule has 0 bridgehead atoms. The number of carbonyl (C=O) groups is 1. The molecule has 2 N–H and O–H groups in total. The molecule has 0 radical (unpaired) electrons. The molecule has 1 saturated heterocycles. The summed E-state index contributed by atoms with van der Waals surface area (Å²) in [5.41, 5.74) is 5.77. The average Bonchev–Trinajstić information content (AvgIpc) is 2.93. The molecule has 0 spiro atoms. The third-order valence-electron chi connectivity index (χ3n) is 5.09. The Hall–Kier alpha value is -0.280. The van der Waals surface area contributed by atoms with Crippen LogP contribution in [0.2, 0.25) is 0 Å². The molecular formula is C16H31ClN2O. The van der Waals surface area contributed by atoms with Crippen molar-refractivity contribution in [2.24, 2.45) is 17.6 Å². The standard InChI is InChI=1S/C16H30N2O.ClH/c1-2-3-5-13-7-9-14(10-8-13)16(19)18-11-4-6-15(18)12-17;/h13-15H,2-12,17H2,1H3;1H. The molecule has 1 aliphatic heterocycles. The summed E-state index contributed by atoms with van der Waals surface area (Å²) in [5.74, 6) is 1.58. The first-order valence-corrected chi connectivity index (χ1v) is 8.26. The number of nitrogens with two attached hydrogens (primary N) is 1. The van der Waals surface area contributed by atoms with Gasteiger partial charge in [0.2, 0.25) is 5.91 Å². The Morgan fingerprint density at radius 2 is 1.90 bits per heavy atom. The summed E-state index contributed by atoms with van der Waals surface area (Å²) in [7, 11) is 0. The molecule has 1 amide bonds. The second-order valence-corrected chi connectivity index (χ2v) is 6.42. The van der Waals surface area contributed by atoms with Crippen LogP contribution in [0.1, 0.15) is 64.7 Å². The van der Waals surface area contributed by atoms with Crippen LogP contribution >= 0.6 is 12.4 Å². The topological polar surface area (TPSA) is 46.3 Å². The van der Waals surface area contributed by atoms with Crippen molar-refractivity contribution in [1.29, 1.82) is 0 Å². The van der Waals surface area contributed by atoms with Gasteiger partial charge in [0.1, 0.15) is 0 Å². The molecule has 0 aromatic rings. The fraction of sp³-hybridized carbons (Fsp3) is 0.938. The number of hydrogen-bond donors (Lipinski definition) is 1. The van der Waals surface area contributed by atoms with E-state index in [1.165, 1.54) is 32.1 Å². The summed E-state index contributed by atoms with van der Waals surface area (Å²) < 4.78 is 0. The van der Waals surface area contributed by atoms with Crippen molar-refractivity contribution in [1.82, 2.24) is 4.90 Å². The summed E-state index contributed by atoms with van der Waals surface area (Å²) >= 11 is 0. The van der Waals surface area contributed by atoms with Gasteiger partial charge in [-0.1, -0.05) is 26.2 Å². The van der Waals surface area contributed by atoms with Crippen LogP contribution in [-0.2, 0) is 4.79 Å². The van der Waals surface area contributed by atoms with Gasteiger partial charge in [-0.2, -0.15) is 0 Å². The van der Waals surface area contributed by atoms with Crippen molar-refractivity contribution in [3.05, 3.63) is 0 Å². The first-order chi connectivity index (χ1) is 9.26. The zero-order valence-electron chi connectivity index (χ0n) is 12.9. The van der Waals surface area contributed by atoms with Gasteiger partial charge >= 0.3 is 0 Å². The largest absolute Gasteiger partial charge is 0.338 e. The smallest absolute Gasteiger partial charge is 0.225 e. The van der Waals surface area contributed by atoms with E-state index in [-0.39, 0.29) is 12.4 Å². The van der Waals surface area contributed by atoms with Crippen LogP contribution in [0.3, 0.4) is 0 Å². The second kappa shape index (κ2) is 8.89. The van der Waals surface area contributed by atoms with Crippen molar-refractivity contribution in [2.75, 3.05) is 13.1 Å². The fourth-order valence-electron chi connectivity index (χ4n) is 3.80. The maximum Gasteiger partial charge on any atom is 0.225 e. The van der Waals surface area contributed by atoms with E-state index < -0.39 is 0 Å². The van der Waals surface area contributed by atoms with E-state index in [0.717, 1.165) is 38.1 Å². The van der Waals surface area contributed by atoms with E-state index in [9.17, 15) is 4.79 Å². The molecule has 3 nitrogen and oxygen atoms in total. The Labute approximate surface area is 130 Å². The Morgan fingerprint density at radius 3 is 2.50 bits per heavy atom. The molecule has 2 rings (SSSR count). The van der Waals surface area contributed by atoms with Crippen LogP contribution in [0, 0.1) is 11.8 Å². The van der Waals surface area contributed by atoms with E-state index in [4.69, 9.17) is 5.73 Å². The summed E-state index contributed by atoms with van der Waals surface area (Å²) in [4.78, 5) is 14.6. The van der Waals surface area contributed by atoms with Gasteiger partial charge in [0.05, 0.1) is 0 Å². The summed E-state index contributed by atoms with van der Waals surface area (Å²) in [6.07, 6.45) is 11.0. The van der Waals surface area contributed by atoms with Gasteiger partial charge in [-0.3, -0.25) is 4.79 Å². The molecule has 1 saturated carbocycles. The highest BCUT2D eigenvalue weighted by Crippen LogP contribution is 2.34. The molecule has 2 fully saturated rings. The minimum Gasteiger partial charge on any atom is -0.338 e. The van der Waals surface area contributed by atoms with Gasteiger partial charge in [0, 0.05) is 25.0 Å². The van der Waals surface area contributed by atoms with E-state index in [1.807, 2.05) is 0 Å². The van der Waals surface area contributed by atoms with Crippen LogP contribution in [0.4, 0.5) is 0 Å². The molecule has 1 atom stereocenters. The lowest BCUT2D eigenvalue weighted by atomic mass is 9.79. The lowest BCUT2D eigenvalue weighted by Gasteiger charge is -2.32. The van der Waals surface area contributed by atoms with E-state index in [1.54, 1.807) is 0 Å². The third-order valence-corrected chi connectivity index (χ3v) is 5.09. The van der Waals surface area contributed by atoms with Gasteiger partial charge < -0.3 is 10.6 Å². The number of likely N-dealkylation sites (tertiary alicyclic amines) is 1. The molecule has 1 unspecified atom stereocenters. The SMILES string of the molecule is CCCCC1CCC(C(=O)N2CCCC2CN)CC1.Cl. The zero-order valence-corrected chi connectivity index (χ0v) is 13.7. The number of amides is 1. The van der Waals surface area contributed by atoms with Crippen molar-refractivity contribution >= 4 is 18.3 Å². The van der Waals surface area contributed by atoms with Crippen molar-refractivity contribution in [3.8, 4) is 0 Å². The number of halogens is 1. The Kier molecular flexibility index (Phi) is 7.90. The van der Waals surface area contributed by atoms with E-state index >= 15 is 0 Å². The fourth-order valence-corrected chi connectivity index (χ4v) is 3.80. The lowest BCUT2D eigenvalue weighted by Crippen LogP contribution is -2.43. The van der Waals surface area contributed by atoms with Crippen molar-refractivity contribution in [3.63, 3.8) is 0 Å². The van der Waals surface area contributed by atoms with E-state index in [0.29, 0.717) is 24.4 Å². The highest BCUT2D eigenvalue weighted by Gasteiger charge is 2.34. The maximum atomic E-state index is 12.6. The van der Waals surface area contributed by atoms with Crippen molar-refractivity contribution < 1.29 is 4.79 Å².